The third kappa shape index (κ3) is 7.01. The Kier molecular flexibility index (Phi) is 7.89. The van der Waals surface area contributed by atoms with Gasteiger partial charge in [0.2, 0.25) is 0 Å². The summed E-state index contributed by atoms with van der Waals surface area (Å²) >= 11 is 6.06. The Morgan fingerprint density at radius 1 is 1.15 bits per heavy atom. The van der Waals surface area contributed by atoms with Crippen molar-refractivity contribution < 1.29 is 34.0 Å². The van der Waals surface area contributed by atoms with Gasteiger partial charge in [0, 0.05) is 32.4 Å². The third-order valence-electron chi connectivity index (χ3n) is 4.51. The highest BCUT2D eigenvalue weighted by molar-refractivity contribution is 6.32. The number of epoxide rings is 1. The number of hydrogen-bond acceptors (Lipinski definition) is 7. The number of halogens is 1. The number of ketones is 1. The summed E-state index contributed by atoms with van der Waals surface area (Å²) in [5.74, 6) is -1.75. The van der Waals surface area contributed by atoms with Crippen LogP contribution in [0.1, 0.15) is 39.0 Å². The van der Waals surface area contributed by atoms with Gasteiger partial charge in [-0.25, -0.2) is 4.79 Å². The topological polar surface area (TPSA) is 106 Å². The molecule has 0 aromatic carbocycles. The van der Waals surface area contributed by atoms with Gasteiger partial charge in [-0.1, -0.05) is 11.6 Å². The molecule has 2 aliphatic rings. The van der Waals surface area contributed by atoms with E-state index in [0.29, 0.717) is 18.4 Å². The van der Waals surface area contributed by atoms with Crippen LogP contribution in [0.2, 0.25) is 0 Å². The predicted molar refractivity (Wildman–Crippen MR) is 98.5 cm³/mol. The fourth-order valence-electron chi connectivity index (χ4n) is 2.94. The first kappa shape index (κ1) is 21.5. The molecule has 150 valence electrons. The standard InChI is InChI=1S/C19H25ClO7/c1-11-7-12(21)8-14(25-2)3-4-16-17(27-16)5-6-26-18(24)10-13(22)9-15(23)19(11)20/h9-10,14,16-17,22-23H,3-8H2,1-2H3/b13-10-,15-9+,19-11-. The SMILES string of the molecule is COC1CCC2OC2CCOC(=O)/C=C(O)/C=C(O)\C(Cl)=C(/C)CC(=O)C1. The van der Waals surface area contributed by atoms with E-state index in [2.05, 4.69) is 0 Å². The summed E-state index contributed by atoms with van der Waals surface area (Å²) in [6.07, 6.45) is 3.93. The van der Waals surface area contributed by atoms with Crippen molar-refractivity contribution in [2.75, 3.05) is 13.7 Å². The molecule has 0 radical (unpaired) electrons. The first-order valence-electron chi connectivity index (χ1n) is 8.83. The van der Waals surface area contributed by atoms with Crippen LogP contribution in [0.3, 0.4) is 0 Å². The number of methoxy groups -OCH3 is 1. The number of fused-ring (bicyclic) bond motifs is 1. The quantitative estimate of drug-likeness (QED) is 0.514. The molecular weight excluding hydrogens is 376 g/mol. The van der Waals surface area contributed by atoms with E-state index in [1.165, 1.54) is 0 Å². The number of carbonyl (C=O) groups excluding carboxylic acids is 2. The second kappa shape index (κ2) is 9.92. The van der Waals surface area contributed by atoms with Crippen molar-refractivity contribution in [2.45, 2.75) is 57.3 Å². The highest BCUT2D eigenvalue weighted by atomic mass is 35.5. The van der Waals surface area contributed by atoms with Gasteiger partial charge in [0.25, 0.3) is 0 Å². The van der Waals surface area contributed by atoms with E-state index in [9.17, 15) is 19.8 Å². The number of allylic oxidation sites excluding steroid dienone is 3. The van der Waals surface area contributed by atoms with Crippen LogP contribution in [0.5, 0.6) is 0 Å². The number of esters is 1. The summed E-state index contributed by atoms with van der Waals surface area (Å²) in [6, 6.07) is 0. The zero-order valence-corrected chi connectivity index (χ0v) is 16.2. The number of carbonyl (C=O) groups is 2. The molecule has 1 fully saturated rings. The summed E-state index contributed by atoms with van der Waals surface area (Å²) in [5.41, 5.74) is 0.451. The van der Waals surface area contributed by atoms with E-state index in [1.54, 1.807) is 14.0 Å². The van der Waals surface area contributed by atoms with Gasteiger partial charge in [-0.15, -0.1) is 0 Å². The molecule has 3 atom stereocenters. The Bertz CT molecular complexity index is 665. The van der Waals surface area contributed by atoms with Crippen molar-refractivity contribution in [1.29, 1.82) is 0 Å². The van der Waals surface area contributed by atoms with Gasteiger partial charge in [-0.05, 0) is 25.3 Å². The van der Waals surface area contributed by atoms with Gasteiger partial charge in [0.15, 0.2) is 0 Å². The van der Waals surface area contributed by atoms with E-state index >= 15 is 0 Å². The number of hydrogen-bond donors (Lipinski definition) is 2. The van der Waals surface area contributed by atoms with E-state index in [0.717, 1.165) is 18.6 Å². The molecule has 0 aromatic rings. The highest BCUT2D eigenvalue weighted by Crippen LogP contribution is 2.31. The first-order valence-corrected chi connectivity index (χ1v) is 9.21. The molecule has 2 N–H and O–H groups in total. The van der Waals surface area contributed by atoms with Gasteiger partial charge in [-0.2, -0.15) is 0 Å². The fraction of sp³-hybridized carbons (Fsp3) is 0.579. The maximum Gasteiger partial charge on any atom is 0.334 e. The summed E-state index contributed by atoms with van der Waals surface area (Å²) in [4.78, 5) is 23.9. The second-order valence-corrected chi connectivity index (χ2v) is 7.09. The molecule has 0 aromatic heterocycles. The van der Waals surface area contributed by atoms with Crippen molar-refractivity contribution in [3.05, 3.63) is 34.3 Å². The van der Waals surface area contributed by atoms with Gasteiger partial charge < -0.3 is 24.4 Å². The zero-order valence-electron chi connectivity index (χ0n) is 15.4. The third-order valence-corrected chi connectivity index (χ3v) is 5.02. The van der Waals surface area contributed by atoms with Gasteiger partial charge in [-0.3, -0.25) is 4.79 Å². The van der Waals surface area contributed by atoms with E-state index in [4.69, 9.17) is 25.8 Å². The number of Topliss-reactive ketones (excluding diaryl/α,β-unsaturated/α-hetero) is 1. The lowest BCUT2D eigenvalue weighted by atomic mass is 10.0. The van der Waals surface area contributed by atoms with Gasteiger partial charge >= 0.3 is 5.97 Å². The number of cyclic esters (lactones) is 1. The monoisotopic (exact) mass is 400 g/mol. The molecule has 2 rings (SSSR count). The average Bonchev–Trinajstić information content (AvgIpc) is 3.34. The summed E-state index contributed by atoms with van der Waals surface area (Å²) in [7, 11) is 1.56. The van der Waals surface area contributed by atoms with Crippen LogP contribution < -0.4 is 0 Å². The summed E-state index contributed by atoms with van der Waals surface area (Å²) < 4.78 is 15.9. The number of rotatable bonds is 1. The average molecular weight is 401 g/mol. The van der Waals surface area contributed by atoms with E-state index in [1.807, 2.05) is 0 Å². The van der Waals surface area contributed by atoms with Crippen LogP contribution >= 0.6 is 11.6 Å². The lowest BCUT2D eigenvalue weighted by Crippen LogP contribution is -2.17. The van der Waals surface area contributed by atoms with Crippen molar-refractivity contribution in [1.82, 2.24) is 0 Å². The maximum absolute atomic E-state index is 12.3. The van der Waals surface area contributed by atoms with Crippen LogP contribution in [0, 0.1) is 0 Å². The van der Waals surface area contributed by atoms with E-state index < -0.39 is 17.5 Å². The molecule has 0 amide bonds. The normalized spacial score (nSPS) is 35.6. The Morgan fingerprint density at radius 2 is 1.85 bits per heavy atom. The van der Waals surface area contributed by atoms with Crippen molar-refractivity contribution in [3.63, 3.8) is 0 Å². The van der Waals surface area contributed by atoms with Crippen LogP contribution in [0.25, 0.3) is 0 Å². The Balaban J connectivity index is 2.16. The van der Waals surface area contributed by atoms with Gasteiger partial charge in [0.1, 0.15) is 17.3 Å². The highest BCUT2D eigenvalue weighted by Gasteiger charge is 2.38. The molecule has 0 saturated carbocycles. The molecule has 27 heavy (non-hydrogen) atoms. The summed E-state index contributed by atoms with van der Waals surface area (Å²) in [5, 5.41) is 19.7. The largest absolute Gasteiger partial charge is 0.508 e. The molecule has 2 aliphatic heterocycles. The van der Waals surface area contributed by atoms with Gasteiger partial charge in [0.05, 0.1) is 36.0 Å². The molecule has 3 unspecified atom stereocenters. The minimum absolute atomic E-state index is 0.0235. The minimum Gasteiger partial charge on any atom is -0.508 e. The maximum atomic E-state index is 12.3. The predicted octanol–water partition coefficient (Wildman–Crippen LogP) is 3.24. The Labute approximate surface area is 163 Å². The summed E-state index contributed by atoms with van der Waals surface area (Å²) in [6.45, 7) is 1.77. The van der Waals surface area contributed by atoms with Crippen molar-refractivity contribution in [3.8, 4) is 0 Å². The molecule has 7 nitrogen and oxygen atoms in total. The van der Waals surface area contributed by atoms with Crippen LogP contribution in [-0.4, -0.2) is 54.0 Å². The molecular formula is C19H25ClO7. The van der Waals surface area contributed by atoms with Crippen LogP contribution in [-0.2, 0) is 23.8 Å². The lowest BCUT2D eigenvalue weighted by Gasteiger charge is -2.14. The minimum atomic E-state index is -0.735. The van der Waals surface area contributed by atoms with Crippen molar-refractivity contribution >= 4 is 23.4 Å². The Hall–Kier alpha value is -1.83. The van der Waals surface area contributed by atoms with Crippen LogP contribution in [0.4, 0.5) is 0 Å². The second-order valence-electron chi connectivity index (χ2n) is 6.72. The zero-order chi connectivity index (χ0) is 20.0. The molecule has 0 spiro atoms. The van der Waals surface area contributed by atoms with Crippen molar-refractivity contribution in [2.24, 2.45) is 0 Å². The molecule has 2 heterocycles. The number of aliphatic hydroxyl groups is 2. The fourth-order valence-corrected chi connectivity index (χ4v) is 3.06. The van der Waals surface area contributed by atoms with E-state index in [-0.39, 0.29) is 48.6 Å². The Morgan fingerprint density at radius 3 is 2.56 bits per heavy atom. The molecule has 1 saturated heterocycles. The first-order chi connectivity index (χ1) is 12.8. The smallest absolute Gasteiger partial charge is 0.334 e. The lowest BCUT2D eigenvalue weighted by molar-refractivity contribution is -0.138. The number of aliphatic hydroxyl groups excluding tert-OH is 2. The number of ether oxygens (including phenoxy) is 3. The molecule has 8 heteroatoms. The van der Waals surface area contributed by atoms with Crippen LogP contribution in [0.15, 0.2) is 34.3 Å². The molecule has 0 bridgehead atoms. The molecule has 0 aliphatic carbocycles.